The number of hydrogen-bond donors (Lipinski definition) is 2. The first kappa shape index (κ1) is 13.4. The van der Waals surface area contributed by atoms with E-state index in [4.69, 9.17) is 4.42 Å². The van der Waals surface area contributed by atoms with Gasteiger partial charge in [0.05, 0.1) is 11.2 Å². The van der Waals surface area contributed by atoms with E-state index in [0.29, 0.717) is 22.4 Å². The minimum Gasteiger partial charge on any atom is -0.406 e. The van der Waals surface area contributed by atoms with Crippen molar-refractivity contribution in [2.45, 2.75) is 0 Å². The molecule has 0 atom stereocenters. The van der Waals surface area contributed by atoms with Crippen molar-refractivity contribution in [1.82, 2.24) is 9.55 Å². The normalized spacial score (nSPS) is 11.2. The van der Waals surface area contributed by atoms with Crippen LogP contribution in [-0.2, 0) is 7.05 Å². The van der Waals surface area contributed by atoms with Crippen LogP contribution in [0.5, 0.6) is 0 Å². The highest BCUT2D eigenvalue weighted by atomic mass is 16.4. The second kappa shape index (κ2) is 4.88. The average Bonchev–Trinajstić information content (AvgIpc) is 3.10. The Morgan fingerprint density at radius 1 is 1.17 bits per heavy atom. The molecule has 23 heavy (non-hydrogen) atoms. The molecule has 0 aliphatic rings. The molecule has 4 aromatic rings. The minimum atomic E-state index is -0.549. The number of fused-ring (bicyclic) bond motifs is 2. The van der Waals surface area contributed by atoms with Gasteiger partial charge in [0.2, 0.25) is 0 Å². The molecule has 0 spiro atoms. The van der Waals surface area contributed by atoms with Crippen LogP contribution in [0.4, 0.5) is 5.69 Å². The SMILES string of the molecule is Cn1ccc2c(C(=O)Nc3cccc4[nH]c(=O)oc34)cccc21. The average molecular weight is 307 g/mol. The van der Waals surface area contributed by atoms with Gasteiger partial charge >= 0.3 is 5.76 Å². The summed E-state index contributed by atoms with van der Waals surface area (Å²) in [6.07, 6.45) is 1.91. The zero-order chi connectivity index (χ0) is 16.0. The molecule has 0 saturated heterocycles. The summed E-state index contributed by atoms with van der Waals surface area (Å²) >= 11 is 0. The number of rotatable bonds is 2. The number of carbonyl (C=O) groups excluding carboxylic acids is 1. The second-order valence-electron chi connectivity index (χ2n) is 5.32. The molecule has 6 nitrogen and oxygen atoms in total. The van der Waals surface area contributed by atoms with Crippen LogP contribution >= 0.6 is 0 Å². The zero-order valence-corrected chi connectivity index (χ0v) is 12.3. The molecule has 2 N–H and O–H groups in total. The Kier molecular flexibility index (Phi) is 2.84. The van der Waals surface area contributed by atoms with Gasteiger partial charge < -0.3 is 14.3 Å². The molecule has 0 bridgehead atoms. The molecule has 114 valence electrons. The van der Waals surface area contributed by atoms with E-state index in [0.717, 1.165) is 10.9 Å². The third-order valence-corrected chi connectivity index (χ3v) is 3.87. The van der Waals surface area contributed by atoms with E-state index in [2.05, 4.69) is 10.3 Å². The van der Waals surface area contributed by atoms with Crippen molar-refractivity contribution in [2.75, 3.05) is 5.32 Å². The number of amides is 1. The Balaban J connectivity index is 1.78. The fourth-order valence-corrected chi connectivity index (χ4v) is 2.76. The van der Waals surface area contributed by atoms with Crippen LogP contribution in [0.2, 0.25) is 0 Å². The second-order valence-corrected chi connectivity index (χ2v) is 5.32. The number of nitrogens with zero attached hydrogens (tertiary/aromatic N) is 1. The van der Waals surface area contributed by atoms with Gasteiger partial charge in [-0.15, -0.1) is 0 Å². The Labute approximate surface area is 130 Å². The van der Waals surface area contributed by atoms with Crippen molar-refractivity contribution < 1.29 is 9.21 Å². The van der Waals surface area contributed by atoms with Crippen LogP contribution in [-0.4, -0.2) is 15.5 Å². The molecule has 0 fully saturated rings. The van der Waals surface area contributed by atoms with E-state index in [1.807, 2.05) is 36.0 Å². The van der Waals surface area contributed by atoms with Crippen LogP contribution in [0.15, 0.2) is 57.9 Å². The lowest BCUT2D eigenvalue weighted by molar-refractivity contribution is 0.102. The number of nitrogens with one attached hydrogen (secondary N) is 2. The summed E-state index contributed by atoms with van der Waals surface area (Å²) in [5.74, 6) is -0.801. The van der Waals surface area contributed by atoms with Gasteiger partial charge in [0.15, 0.2) is 5.58 Å². The topological polar surface area (TPSA) is 80.0 Å². The van der Waals surface area contributed by atoms with Gasteiger partial charge in [-0.1, -0.05) is 12.1 Å². The Morgan fingerprint density at radius 3 is 2.87 bits per heavy atom. The number of H-pyrrole nitrogens is 1. The van der Waals surface area contributed by atoms with Crippen molar-refractivity contribution in [3.63, 3.8) is 0 Å². The molecule has 0 radical (unpaired) electrons. The third-order valence-electron chi connectivity index (χ3n) is 3.87. The Hall–Kier alpha value is -3.28. The van der Waals surface area contributed by atoms with Crippen LogP contribution in [0.1, 0.15) is 10.4 Å². The highest BCUT2D eigenvalue weighted by Gasteiger charge is 2.14. The monoisotopic (exact) mass is 307 g/mol. The van der Waals surface area contributed by atoms with Crippen LogP contribution in [0.3, 0.4) is 0 Å². The minimum absolute atomic E-state index is 0.252. The first-order valence-corrected chi connectivity index (χ1v) is 7.11. The third kappa shape index (κ3) is 2.12. The van der Waals surface area contributed by atoms with E-state index in [1.165, 1.54) is 0 Å². The quantitative estimate of drug-likeness (QED) is 0.597. The van der Waals surface area contributed by atoms with Crippen molar-refractivity contribution in [3.05, 3.63) is 64.8 Å². The molecular formula is C17H13N3O3. The van der Waals surface area contributed by atoms with E-state index < -0.39 is 5.76 Å². The number of oxazole rings is 1. The lowest BCUT2D eigenvalue weighted by Gasteiger charge is -2.07. The maximum atomic E-state index is 12.6. The molecule has 2 aromatic carbocycles. The van der Waals surface area contributed by atoms with Gasteiger partial charge in [-0.2, -0.15) is 0 Å². The molecular weight excluding hydrogens is 294 g/mol. The lowest BCUT2D eigenvalue weighted by Crippen LogP contribution is -2.12. The van der Waals surface area contributed by atoms with Crippen LogP contribution in [0, 0.1) is 0 Å². The molecule has 0 saturated carbocycles. The predicted octanol–water partition coefficient (Wildman–Crippen LogP) is 2.87. The number of benzene rings is 2. The van der Waals surface area contributed by atoms with Gasteiger partial charge in [-0.05, 0) is 30.3 Å². The highest BCUT2D eigenvalue weighted by molar-refractivity contribution is 6.14. The molecule has 2 aromatic heterocycles. The fourth-order valence-electron chi connectivity index (χ4n) is 2.76. The molecule has 6 heteroatoms. The van der Waals surface area contributed by atoms with E-state index in [-0.39, 0.29) is 5.91 Å². The number of para-hydroxylation sites is 1. The molecule has 0 aliphatic carbocycles. The molecule has 1 amide bonds. The number of anilines is 1. The van der Waals surface area contributed by atoms with Gasteiger partial charge in [0.25, 0.3) is 5.91 Å². The summed E-state index contributed by atoms with van der Waals surface area (Å²) in [5, 5.41) is 3.69. The number of aromatic nitrogens is 2. The Morgan fingerprint density at radius 2 is 2.00 bits per heavy atom. The van der Waals surface area contributed by atoms with Crippen molar-refractivity contribution in [3.8, 4) is 0 Å². The van der Waals surface area contributed by atoms with E-state index >= 15 is 0 Å². The number of aryl methyl sites for hydroxylation is 1. The molecule has 4 rings (SSSR count). The number of aromatic amines is 1. The number of hydrogen-bond acceptors (Lipinski definition) is 3. The van der Waals surface area contributed by atoms with E-state index in [1.54, 1.807) is 24.3 Å². The molecule has 0 aliphatic heterocycles. The molecule has 2 heterocycles. The van der Waals surface area contributed by atoms with Crippen molar-refractivity contribution >= 4 is 33.6 Å². The van der Waals surface area contributed by atoms with Crippen LogP contribution < -0.4 is 11.1 Å². The summed E-state index contributed by atoms with van der Waals surface area (Å²) < 4.78 is 7.05. The summed E-state index contributed by atoms with van der Waals surface area (Å²) in [4.78, 5) is 26.5. The van der Waals surface area contributed by atoms with Gasteiger partial charge in [-0.3, -0.25) is 9.78 Å². The largest absolute Gasteiger partial charge is 0.417 e. The smallest absolute Gasteiger partial charge is 0.406 e. The van der Waals surface area contributed by atoms with Gasteiger partial charge in [0, 0.05) is 29.7 Å². The standard InChI is InChI=1S/C17H13N3O3/c1-20-9-8-10-11(4-2-7-14(10)20)16(21)18-12-5-3-6-13-15(12)23-17(22)19-13/h2-9H,1H3,(H,18,21)(H,19,22). The summed E-state index contributed by atoms with van der Waals surface area (Å²) in [6.45, 7) is 0. The summed E-state index contributed by atoms with van der Waals surface area (Å²) in [7, 11) is 1.93. The van der Waals surface area contributed by atoms with Gasteiger partial charge in [-0.25, -0.2) is 4.79 Å². The summed E-state index contributed by atoms with van der Waals surface area (Å²) in [5.41, 5.74) is 2.89. The predicted molar refractivity (Wildman–Crippen MR) is 87.7 cm³/mol. The summed E-state index contributed by atoms with van der Waals surface area (Å²) in [6, 6.07) is 12.6. The highest BCUT2D eigenvalue weighted by Crippen LogP contribution is 2.24. The first-order chi connectivity index (χ1) is 11.1. The van der Waals surface area contributed by atoms with E-state index in [9.17, 15) is 9.59 Å². The Bertz CT molecular complexity index is 1100. The van der Waals surface area contributed by atoms with Crippen molar-refractivity contribution in [2.24, 2.45) is 7.05 Å². The first-order valence-electron chi connectivity index (χ1n) is 7.11. The van der Waals surface area contributed by atoms with Gasteiger partial charge in [0.1, 0.15) is 0 Å². The van der Waals surface area contributed by atoms with Crippen LogP contribution in [0.25, 0.3) is 22.0 Å². The van der Waals surface area contributed by atoms with Crippen molar-refractivity contribution in [1.29, 1.82) is 0 Å². The molecule has 0 unspecified atom stereocenters. The maximum Gasteiger partial charge on any atom is 0.417 e. The zero-order valence-electron chi connectivity index (χ0n) is 12.3. The number of carbonyl (C=O) groups is 1. The lowest BCUT2D eigenvalue weighted by atomic mass is 10.1. The maximum absolute atomic E-state index is 12.6. The fraction of sp³-hybridized carbons (Fsp3) is 0.0588.